The number of nitriles is 1. The second-order valence-corrected chi connectivity index (χ2v) is 11.1. The van der Waals surface area contributed by atoms with Gasteiger partial charge in [-0.3, -0.25) is 0 Å². The van der Waals surface area contributed by atoms with Gasteiger partial charge in [0.15, 0.2) is 0 Å². The Morgan fingerprint density at radius 3 is 1.83 bits per heavy atom. The van der Waals surface area contributed by atoms with Crippen LogP contribution in [0.1, 0.15) is 122 Å². The van der Waals surface area contributed by atoms with Crippen LogP contribution in [0.2, 0.25) is 0 Å². The molecule has 36 heavy (non-hydrogen) atoms. The highest BCUT2D eigenvalue weighted by atomic mass is 16.5. The molecule has 2 aromatic carbocycles. The van der Waals surface area contributed by atoms with E-state index in [4.69, 9.17) is 4.74 Å². The number of benzene rings is 2. The van der Waals surface area contributed by atoms with Crippen molar-refractivity contribution in [1.29, 1.82) is 5.26 Å². The molecule has 2 heteroatoms. The molecule has 2 aromatic rings. The number of nitrogens with zero attached hydrogens (tertiary/aromatic N) is 1. The third-order valence-corrected chi connectivity index (χ3v) is 8.28. The van der Waals surface area contributed by atoms with Crippen LogP contribution in [0.25, 0.3) is 11.1 Å². The highest BCUT2D eigenvalue weighted by Crippen LogP contribution is 2.43. The highest BCUT2D eigenvalue weighted by Gasteiger charge is 2.36. The van der Waals surface area contributed by atoms with E-state index in [9.17, 15) is 5.26 Å². The van der Waals surface area contributed by atoms with Crippen molar-refractivity contribution in [2.24, 2.45) is 5.92 Å². The zero-order valence-electron chi connectivity index (χ0n) is 23.1. The van der Waals surface area contributed by atoms with Gasteiger partial charge in [-0.05, 0) is 66.8 Å². The molecule has 1 fully saturated rings. The van der Waals surface area contributed by atoms with Crippen molar-refractivity contribution >= 4 is 0 Å². The van der Waals surface area contributed by atoms with Gasteiger partial charge < -0.3 is 4.74 Å². The smallest absolute Gasteiger partial charge is 0.119 e. The van der Waals surface area contributed by atoms with Crippen molar-refractivity contribution in [3.05, 3.63) is 54.1 Å². The second-order valence-electron chi connectivity index (χ2n) is 11.1. The molecule has 1 aliphatic rings. The van der Waals surface area contributed by atoms with E-state index in [1.807, 2.05) is 0 Å². The van der Waals surface area contributed by atoms with Gasteiger partial charge >= 0.3 is 0 Å². The first kappa shape index (κ1) is 28.3. The van der Waals surface area contributed by atoms with E-state index in [0.717, 1.165) is 37.5 Å². The third-order valence-electron chi connectivity index (χ3n) is 8.28. The molecule has 1 saturated carbocycles. The van der Waals surface area contributed by atoms with E-state index in [1.165, 1.54) is 100 Å². The fraction of sp³-hybridized carbons (Fsp3) is 0.618. The second kappa shape index (κ2) is 15.8. The summed E-state index contributed by atoms with van der Waals surface area (Å²) in [6.07, 6.45) is 20.3. The van der Waals surface area contributed by atoms with Crippen LogP contribution in [0.15, 0.2) is 48.5 Å². The molecule has 2 nitrogen and oxygen atoms in total. The average molecular weight is 488 g/mol. The summed E-state index contributed by atoms with van der Waals surface area (Å²) in [6, 6.07) is 20.0. The SMILES string of the molecule is CCCCCCCCOc1ccc(-c2ccc([C@]3(C#N)CC[C@H](CCCCCCC)CC3)cc2)cc1. The lowest BCUT2D eigenvalue weighted by atomic mass is 9.66. The number of rotatable bonds is 16. The Morgan fingerprint density at radius 1 is 0.722 bits per heavy atom. The summed E-state index contributed by atoms with van der Waals surface area (Å²) < 4.78 is 5.94. The summed E-state index contributed by atoms with van der Waals surface area (Å²) in [5.74, 6) is 1.77. The molecule has 0 unspecified atom stereocenters. The molecular weight excluding hydrogens is 438 g/mol. The van der Waals surface area contributed by atoms with Gasteiger partial charge in [0, 0.05) is 0 Å². The molecule has 196 valence electrons. The Bertz CT molecular complexity index is 884. The molecule has 0 amide bonds. The predicted molar refractivity (Wildman–Crippen MR) is 153 cm³/mol. The van der Waals surface area contributed by atoms with Crippen molar-refractivity contribution in [1.82, 2.24) is 0 Å². The predicted octanol–water partition coefficient (Wildman–Crippen LogP) is 10.4. The van der Waals surface area contributed by atoms with Crippen molar-refractivity contribution in [3.63, 3.8) is 0 Å². The molecule has 0 bridgehead atoms. The van der Waals surface area contributed by atoms with Gasteiger partial charge in [-0.15, -0.1) is 0 Å². The van der Waals surface area contributed by atoms with Gasteiger partial charge in [-0.25, -0.2) is 0 Å². The third kappa shape index (κ3) is 8.69. The Hall–Kier alpha value is -2.27. The van der Waals surface area contributed by atoms with Crippen LogP contribution in [-0.2, 0) is 5.41 Å². The lowest BCUT2D eigenvalue weighted by molar-refractivity contribution is 0.261. The van der Waals surface area contributed by atoms with Crippen molar-refractivity contribution < 1.29 is 4.74 Å². The van der Waals surface area contributed by atoms with E-state index < -0.39 is 0 Å². The first-order valence-electron chi connectivity index (χ1n) is 15.0. The van der Waals surface area contributed by atoms with Gasteiger partial charge in [-0.2, -0.15) is 5.26 Å². The van der Waals surface area contributed by atoms with E-state index in [1.54, 1.807) is 0 Å². The Kier molecular flexibility index (Phi) is 12.4. The molecular formula is C34H49NO. The summed E-state index contributed by atoms with van der Waals surface area (Å²) in [5, 5.41) is 10.1. The maximum atomic E-state index is 10.1. The summed E-state index contributed by atoms with van der Waals surface area (Å²) in [5.41, 5.74) is 3.31. The Balaban J connectivity index is 1.47. The van der Waals surface area contributed by atoms with Crippen LogP contribution in [0.4, 0.5) is 0 Å². The lowest BCUT2D eigenvalue weighted by Gasteiger charge is -2.35. The number of hydrogen-bond acceptors (Lipinski definition) is 2. The quantitative estimate of drug-likeness (QED) is 0.221. The van der Waals surface area contributed by atoms with E-state index in [2.05, 4.69) is 68.4 Å². The van der Waals surface area contributed by atoms with E-state index in [0.29, 0.717) is 0 Å². The van der Waals surface area contributed by atoms with Crippen molar-refractivity contribution in [2.45, 2.75) is 122 Å². The number of hydrogen-bond donors (Lipinski definition) is 0. The van der Waals surface area contributed by atoms with Gasteiger partial charge in [0.25, 0.3) is 0 Å². The van der Waals surface area contributed by atoms with Gasteiger partial charge in [-0.1, -0.05) is 121 Å². The first-order chi connectivity index (χ1) is 17.7. The molecule has 0 N–H and O–H groups in total. The maximum absolute atomic E-state index is 10.1. The fourth-order valence-corrected chi connectivity index (χ4v) is 5.76. The van der Waals surface area contributed by atoms with Gasteiger partial charge in [0.05, 0.1) is 18.1 Å². The average Bonchev–Trinajstić information content (AvgIpc) is 2.93. The summed E-state index contributed by atoms with van der Waals surface area (Å²) >= 11 is 0. The zero-order valence-corrected chi connectivity index (χ0v) is 23.1. The van der Waals surface area contributed by atoms with Crippen LogP contribution in [0.3, 0.4) is 0 Å². The normalized spacial score (nSPS) is 19.6. The standard InChI is InChI=1S/C34H49NO/c1-3-5-7-9-11-13-27-36-33-21-17-31(18-22-33)30-15-19-32(20-16-30)34(28-35)25-23-29(24-26-34)14-12-10-8-6-4-2/h15-22,29H,3-14,23-27H2,1-2H3/t29-,34+. The monoisotopic (exact) mass is 487 g/mol. The zero-order chi connectivity index (χ0) is 25.5. The van der Waals surface area contributed by atoms with E-state index in [-0.39, 0.29) is 5.41 Å². The van der Waals surface area contributed by atoms with Gasteiger partial charge in [0.2, 0.25) is 0 Å². The van der Waals surface area contributed by atoms with Crippen LogP contribution in [-0.4, -0.2) is 6.61 Å². The minimum absolute atomic E-state index is 0.300. The number of ether oxygens (including phenoxy) is 1. The van der Waals surface area contributed by atoms with E-state index >= 15 is 0 Å². The molecule has 0 radical (unpaired) electrons. The van der Waals surface area contributed by atoms with Crippen LogP contribution in [0.5, 0.6) is 5.75 Å². The molecule has 0 spiro atoms. The van der Waals surface area contributed by atoms with Gasteiger partial charge in [0.1, 0.15) is 5.75 Å². The molecule has 0 heterocycles. The number of unbranched alkanes of at least 4 members (excludes halogenated alkanes) is 9. The fourth-order valence-electron chi connectivity index (χ4n) is 5.76. The highest BCUT2D eigenvalue weighted by molar-refractivity contribution is 5.65. The van der Waals surface area contributed by atoms with Crippen molar-refractivity contribution in [2.75, 3.05) is 6.61 Å². The minimum Gasteiger partial charge on any atom is -0.494 e. The Morgan fingerprint density at radius 2 is 1.25 bits per heavy atom. The van der Waals surface area contributed by atoms with Crippen LogP contribution >= 0.6 is 0 Å². The minimum atomic E-state index is -0.300. The molecule has 3 rings (SSSR count). The molecule has 0 saturated heterocycles. The maximum Gasteiger partial charge on any atom is 0.119 e. The van der Waals surface area contributed by atoms with Crippen molar-refractivity contribution in [3.8, 4) is 22.9 Å². The van der Waals surface area contributed by atoms with Crippen LogP contribution in [0, 0.1) is 17.2 Å². The Labute approximate surface area is 221 Å². The van der Waals surface area contributed by atoms with Crippen LogP contribution < -0.4 is 4.74 Å². The molecule has 0 atom stereocenters. The largest absolute Gasteiger partial charge is 0.494 e. The first-order valence-corrected chi connectivity index (χ1v) is 15.0. The molecule has 1 aliphatic carbocycles. The molecule has 0 aliphatic heterocycles. The summed E-state index contributed by atoms with van der Waals surface area (Å²) in [7, 11) is 0. The lowest BCUT2D eigenvalue weighted by Crippen LogP contribution is -2.30. The molecule has 0 aromatic heterocycles. The summed E-state index contributed by atoms with van der Waals surface area (Å²) in [6.45, 7) is 5.33. The topological polar surface area (TPSA) is 33.0 Å². The summed E-state index contributed by atoms with van der Waals surface area (Å²) in [4.78, 5) is 0.